The third-order valence-corrected chi connectivity index (χ3v) is 5.33. The number of carbonyl (C=O) groups excluding carboxylic acids is 1. The number of aryl methyl sites for hydroxylation is 1. The van der Waals surface area contributed by atoms with Crippen molar-refractivity contribution in [2.75, 3.05) is 24.6 Å². The number of aromatic nitrogens is 2. The molecule has 11 nitrogen and oxygen atoms in total. The molecule has 0 aliphatic rings. The van der Waals surface area contributed by atoms with Crippen LogP contribution in [0.2, 0.25) is 0 Å². The van der Waals surface area contributed by atoms with E-state index in [1.165, 1.54) is 13.3 Å². The van der Waals surface area contributed by atoms with E-state index in [9.17, 15) is 14.9 Å². The average molecular weight is 525 g/mol. The van der Waals surface area contributed by atoms with E-state index in [0.717, 1.165) is 5.56 Å². The molecule has 0 aliphatic carbocycles. The summed E-state index contributed by atoms with van der Waals surface area (Å²) in [6.45, 7) is 1.62. The van der Waals surface area contributed by atoms with Crippen LogP contribution in [-0.2, 0) is 9.63 Å². The lowest BCUT2D eigenvalue weighted by Gasteiger charge is -2.11. The molecule has 0 bridgehead atoms. The van der Waals surface area contributed by atoms with Crippen molar-refractivity contribution in [1.82, 2.24) is 9.97 Å². The van der Waals surface area contributed by atoms with E-state index >= 15 is 0 Å². The summed E-state index contributed by atoms with van der Waals surface area (Å²) in [6, 6.07) is 23.1. The molecular weight excluding hydrogens is 500 g/mol. The summed E-state index contributed by atoms with van der Waals surface area (Å²) in [5.74, 6) is 0.153. The summed E-state index contributed by atoms with van der Waals surface area (Å²) >= 11 is 0. The smallest absolute Gasteiger partial charge is 0.369 e. The lowest BCUT2D eigenvalue weighted by atomic mass is 10.1. The number of ether oxygens (including phenoxy) is 2. The highest BCUT2D eigenvalue weighted by atomic mass is 16.7. The Morgan fingerprint density at radius 2 is 1.87 bits per heavy atom. The van der Waals surface area contributed by atoms with Gasteiger partial charge in [-0.25, -0.2) is 20.7 Å². The Hall–Kier alpha value is -5.63. The van der Waals surface area contributed by atoms with E-state index in [0.29, 0.717) is 28.3 Å². The lowest BCUT2D eigenvalue weighted by molar-refractivity contribution is -0.143. The third kappa shape index (κ3) is 6.99. The maximum Gasteiger partial charge on any atom is 0.369 e. The topological polar surface area (TPSA) is 151 Å². The molecule has 3 aromatic carbocycles. The van der Waals surface area contributed by atoms with Crippen LogP contribution in [0, 0.1) is 18.3 Å². The Bertz CT molecular complexity index is 1580. The number of nitrogens with one attached hydrogen (secondary N) is 3. The fourth-order valence-electron chi connectivity index (χ4n) is 3.39. The number of carbonyl (C=O) groups is 1. The number of methoxy groups -OCH3 is 1. The van der Waals surface area contributed by atoms with Crippen molar-refractivity contribution in [2.24, 2.45) is 5.10 Å². The Kier molecular flexibility index (Phi) is 8.51. The highest BCUT2D eigenvalue weighted by molar-refractivity contribution is 5.81. The summed E-state index contributed by atoms with van der Waals surface area (Å²) < 4.78 is 10.9. The van der Waals surface area contributed by atoms with Crippen LogP contribution in [0.25, 0.3) is 11.3 Å². The van der Waals surface area contributed by atoms with Gasteiger partial charge in [-0.2, -0.15) is 10.4 Å². The molecule has 0 unspecified atom stereocenters. The first-order valence-electron chi connectivity index (χ1n) is 11.7. The monoisotopic (exact) mass is 524 g/mol. The molecule has 11 heteroatoms. The van der Waals surface area contributed by atoms with Gasteiger partial charge in [0.25, 0.3) is 5.56 Å². The number of hydrogen-bond donors (Lipinski definition) is 3. The number of hydrazone groups is 1. The van der Waals surface area contributed by atoms with Gasteiger partial charge in [0, 0.05) is 5.56 Å². The molecule has 0 atom stereocenters. The van der Waals surface area contributed by atoms with Crippen molar-refractivity contribution >= 4 is 23.8 Å². The normalized spacial score (nSPS) is 10.5. The molecule has 0 saturated carbocycles. The minimum Gasteiger partial charge on any atom is -0.493 e. The van der Waals surface area contributed by atoms with Gasteiger partial charge in [-0.3, -0.25) is 9.78 Å². The van der Waals surface area contributed by atoms with Crippen molar-refractivity contribution in [2.45, 2.75) is 6.92 Å². The summed E-state index contributed by atoms with van der Waals surface area (Å²) in [5.41, 5.74) is 7.81. The Labute approximate surface area is 223 Å². The highest BCUT2D eigenvalue weighted by Crippen LogP contribution is 2.27. The first-order valence-corrected chi connectivity index (χ1v) is 11.7. The van der Waals surface area contributed by atoms with Crippen molar-refractivity contribution < 1.29 is 19.1 Å². The van der Waals surface area contributed by atoms with Crippen LogP contribution >= 0.6 is 0 Å². The number of anilines is 2. The minimum atomic E-state index is -0.619. The van der Waals surface area contributed by atoms with Crippen molar-refractivity contribution in [3.63, 3.8) is 0 Å². The second-order valence-electron chi connectivity index (χ2n) is 8.13. The number of rotatable bonds is 10. The minimum absolute atomic E-state index is 0.0683. The van der Waals surface area contributed by atoms with Gasteiger partial charge in [0.15, 0.2) is 18.1 Å². The van der Waals surface area contributed by atoms with E-state index in [-0.39, 0.29) is 23.8 Å². The zero-order valence-corrected chi connectivity index (χ0v) is 21.1. The van der Waals surface area contributed by atoms with Gasteiger partial charge in [-0.05, 0) is 42.8 Å². The molecule has 0 spiro atoms. The molecule has 39 heavy (non-hydrogen) atoms. The SMILES string of the molecule is COc1cc(C=NNc2nc(-c3ccccc3)c(C#N)c(=O)[nH]2)ccc1OCC(=O)ONc1ccc(C)cc1. The molecule has 1 heterocycles. The summed E-state index contributed by atoms with van der Waals surface area (Å²) in [6.07, 6.45) is 1.48. The standard InChI is InChI=1S/C28H24N6O5/c1-18-8-11-21(12-9-18)34-39-25(35)17-38-23-13-10-19(14-24(23)37-2)16-30-33-28-31-26(20-6-4-3-5-7-20)22(15-29)27(36)32-28/h3-14,16,34H,17H2,1-2H3,(H2,31,32,33,36). The maximum absolute atomic E-state index is 12.4. The third-order valence-electron chi connectivity index (χ3n) is 5.33. The molecule has 3 N–H and O–H groups in total. The van der Waals surface area contributed by atoms with Gasteiger partial charge < -0.3 is 14.3 Å². The van der Waals surface area contributed by atoms with Crippen LogP contribution < -0.4 is 25.9 Å². The molecule has 4 aromatic rings. The Morgan fingerprint density at radius 1 is 1.10 bits per heavy atom. The fraction of sp³-hybridized carbons (Fsp3) is 0.107. The number of nitriles is 1. The van der Waals surface area contributed by atoms with E-state index in [2.05, 4.69) is 26.0 Å². The molecule has 0 amide bonds. The highest BCUT2D eigenvalue weighted by Gasteiger charge is 2.13. The summed E-state index contributed by atoms with van der Waals surface area (Å²) in [5, 5.41) is 13.5. The average Bonchev–Trinajstić information content (AvgIpc) is 2.96. The van der Waals surface area contributed by atoms with Crippen LogP contribution in [0.4, 0.5) is 11.6 Å². The molecule has 1 aromatic heterocycles. The predicted octanol–water partition coefficient (Wildman–Crippen LogP) is 4.02. The number of benzene rings is 3. The molecule has 0 saturated heterocycles. The van der Waals surface area contributed by atoms with Crippen LogP contribution in [0.1, 0.15) is 16.7 Å². The zero-order valence-electron chi connectivity index (χ0n) is 21.1. The van der Waals surface area contributed by atoms with Crippen molar-refractivity contribution in [1.29, 1.82) is 5.26 Å². The second-order valence-corrected chi connectivity index (χ2v) is 8.13. The zero-order chi connectivity index (χ0) is 27.6. The maximum atomic E-state index is 12.4. The van der Waals surface area contributed by atoms with E-state index in [1.807, 2.05) is 31.2 Å². The molecular formula is C28H24N6O5. The van der Waals surface area contributed by atoms with Crippen LogP contribution in [0.3, 0.4) is 0 Å². The lowest BCUT2D eigenvalue weighted by Crippen LogP contribution is -2.18. The second kappa shape index (κ2) is 12.6. The van der Waals surface area contributed by atoms with Crippen LogP contribution in [-0.4, -0.2) is 35.9 Å². The predicted molar refractivity (Wildman–Crippen MR) is 146 cm³/mol. The van der Waals surface area contributed by atoms with Gasteiger partial charge in [0.05, 0.1) is 24.7 Å². The number of H-pyrrole nitrogens is 1. The molecule has 0 fully saturated rings. The van der Waals surface area contributed by atoms with E-state index in [4.69, 9.17) is 14.3 Å². The summed E-state index contributed by atoms with van der Waals surface area (Å²) in [4.78, 5) is 36.3. The quantitative estimate of drug-likeness (QED) is 0.206. The van der Waals surface area contributed by atoms with Crippen molar-refractivity contribution in [3.05, 3.63) is 99.8 Å². The van der Waals surface area contributed by atoms with Crippen LogP contribution in [0.5, 0.6) is 11.5 Å². The largest absolute Gasteiger partial charge is 0.493 e. The van der Waals surface area contributed by atoms with Crippen molar-refractivity contribution in [3.8, 4) is 28.8 Å². The fourth-order valence-corrected chi connectivity index (χ4v) is 3.39. The molecule has 0 aliphatic heterocycles. The van der Waals surface area contributed by atoms with Gasteiger partial charge in [-0.1, -0.05) is 48.0 Å². The first kappa shape index (κ1) is 26.4. The van der Waals surface area contributed by atoms with Gasteiger partial charge >= 0.3 is 5.97 Å². The van der Waals surface area contributed by atoms with E-state index in [1.54, 1.807) is 54.6 Å². The Morgan fingerprint density at radius 3 is 2.59 bits per heavy atom. The van der Waals surface area contributed by atoms with Gasteiger partial charge in [0.2, 0.25) is 5.95 Å². The van der Waals surface area contributed by atoms with Gasteiger partial charge in [0.1, 0.15) is 11.6 Å². The number of aromatic amines is 1. The van der Waals surface area contributed by atoms with Gasteiger partial charge in [-0.15, -0.1) is 0 Å². The first-order chi connectivity index (χ1) is 19.0. The van der Waals surface area contributed by atoms with E-state index < -0.39 is 11.5 Å². The Balaban J connectivity index is 1.38. The molecule has 0 radical (unpaired) electrons. The molecule has 196 valence electrons. The number of nitrogens with zero attached hydrogens (tertiary/aromatic N) is 3. The van der Waals surface area contributed by atoms with Crippen LogP contribution in [0.15, 0.2) is 82.7 Å². The number of hydrogen-bond acceptors (Lipinski definition) is 10. The molecule has 4 rings (SSSR count). The summed E-state index contributed by atoms with van der Waals surface area (Å²) in [7, 11) is 1.47.